The average molecular weight is 374 g/mol. The monoisotopic (exact) mass is 373 g/mol. The second-order valence-electron chi connectivity index (χ2n) is 6.77. The molecule has 0 atom stereocenters. The van der Waals surface area contributed by atoms with Crippen LogP contribution in [0.1, 0.15) is 31.2 Å². The van der Waals surface area contributed by atoms with Crippen LogP contribution in [0.5, 0.6) is 5.75 Å². The molecule has 6 heteroatoms. The first-order valence-electron chi connectivity index (χ1n) is 9.06. The number of thioether (sulfide) groups is 1. The molecule has 3 rings (SSSR count). The van der Waals surface area contributed by atoms with Crippen molar-refractivity contribution < 1.29 is 9.84 Å². The molecule has 5 nitrogen and oxygen atoms in total. The summed E-state index contributed by atoms with van der Waals surface area (Å²) in [6.07, 6.45) is 8.14. The molecule has 0 radical (unpaired) electrons. The molecule has 140 valence electrons. The Bertz CT molecular complexity index is 718. The lowest BCUT2D eigenvalue weighted by atomic mass is 9.86. The number of benzene rings is 1. The van der Waals surface area contributed by atoms with E-state index in [1.54, 1.807) is 18.9 Å². The number of nitrogens with two attached hydrogens (primary N) is 1. The number of nitrogens with one attached hydrogen (secondary N) is 1. The Morgan fingerprint density at radius 1 is 1.27 bits per heavy atom. The van der Waals surface area contributed by atoms with E-state index in [2.05, 4.69) is 10.3 Å². The van der Waals surface area contributed by atoms with E-state index in [4.69, 9.17) is 10.5 Å². The van der Waals surface area contributed by atoms with Crippen LogP contribution in [-0.4, -0.2) is 29.8 Å². The molecule has 1 aliphatic carbocycles. The maximum Gasteiger partial charge on any atom is 0.120 e. The molecule has 0 bridgehead atoms. The van der Waals surface area contributed by atoms with Crippen molar-refractivity contribution in [3.05, 3.63) is 42.2 Å². The number of pyridine rings is 1. The van der Waals surface area contributed by atoms with E-state index in [-0.39, 0.29) is 0 Å². The summed E-state index contributed by atoms with van der Waals surface area (Å²) in [5.74, 6) is 2.05. The number of rotatable bonds is 7. The van der Waals surface area contributed by atoms with Crippen molar-refractivity contribution in [2.45, 2.75) is 42.4 Å². The minimum absolute atomic E-state index is 0.313. The summed E-state index contributed by atoms with van der Waals surface area (Å²) < 4.78 is 5.21. The fourth-order valence-electron chi connectivity index (χ4n) is 3.33. The van der Waals surface area contributed by atoms with Crippen molar-refractivity contribution in [1.29, 1.82) is 0 Å². The summed E-state index contributed by atoms with van der Waals surface area (Å²) in [6, 6.07) is 8.30. The number of anilines is 2. The van der Waals surface area contributed by atoms with Crippen molar-refractivity contribution in [2.24, 2.45) is 5.92 Å². The van der Waals surface area contributed by atoms with Crippen LogP contribution in [0.3, 0.4) is 0 Å². The highest BCUT2D eigenvalue weighted by Gasteiger charge is 2.21. The topological polar surface area (TPSA) is 80.4 Å². The predicted molar refractivity (Wildman–Crippen MR) is 108 cm³/mol. The van der Waals surface area contributed by atoms with Crippen LogP contribution >= 0.6 is 11.8 Å². The standard InChI is InChI=1S/C20H27N3O2S/c1-25-17-6-7-20(18(21)10-17)26-13-15-11-22-9-8-19(15)23-16-4-2-14(12-24)3-5-16/h6-11,14,16,24H,2-5,12-13,21H2,1H3,(H,22,23). The first-order valence-corrected chi connectivity index (χ1v) is 10.0. The third-order valence-corrected chi connectivity index (χ3v) is 6.11. The summed E-state index contributed by atoms with van der Waals surface area (Å²) >= 11 is 1.71. The van der Waals surface area contributed by atoms with Crippen molar-refractivity contribution in [3.8, 4) is 5.75 Å². The lowest BCUT2D eigenvalue weighted by Gasteiger charge is -2.29. The van der Waals surface area contributed by atoms with Gasteiger partial charge < -0.3 is 20.9 Å². The molecule has 1 aliphatic rings. The number of hydrogen-bond acceptors (Lipinski definition) is 6. The van der Waals surface area contributed by atoms with Crippen molar-refractivity contribution in [1.82, 2.24) is 4.98 Å². The number of ether oxygens (including phenoxy) is 1. The number of aliphatic hydroxyl groups is 1. The maximum absolute atomic E-state index is 9.30. The van der Waals surface area contributed by atoms with Crippen molar-refractivity contribution >= 4 is 23.1 Å². The summed E-state index contributed by atoms with van der Waals surface area (Å²) in [5, 5.41) is 13.0. The van der Waals surface area contributed by atoms with Gasteiger partial charge in [-0.25, -0.2) is 0 Å². The van der Waals surface area contributed by atoms with Crippen LogP contribution in [0.15, 0.2) is 41.6 Å². The van der Waals surface area contributed by atoms with Crippen LogP contribution in [0, 0.1) is 5.92 Å². The molecule has 1 heterocycles. The zero-order valence-electron chi connectivity index (χ0n) is 15.1. The van der Waals surface area contributed by atoms with E-state index in [1.165, 1.54) is 5.56 Å². The second-order valence-corrected chi connectivity index (χ2v) is 7.79. The third kappa shape index (κ3) is 4.83. The molecule has 1 saturated carbocycles. The molecule has 1 aromatic carbocycles. The number of nitrogens with zero attached hydrogens (tertiary/aromatic N) is 1. The number of hydrogen-bond donors (Lipinski definition) is 3. The molecule has 1 aromatic heterocycles. The molecule has 2 aromatic rings. The Balaban J connectivity index is 1.62. The van der Waals surface area contributed by atoms with E-state index in [0.29, 0.717) is 18.6 Å². The molecule has 0 spiro atoms. The molecule has 0 amide bonds. The Hall–Kier alpha value is -1.92. The smallest absolute Gasteiger partial charge is 0.120 e. The highest BCUT2D eigenvalue weighted by molar-refractivity contribution is 7.98. The Labute approximate surface area is 159 Å². The Morgan fingerprint density at radius 3 is 2.77 bits per heavy atom. The molecule has 26 heavy (non-hydrogen) atoms. The van der Waals surface area contributed by atoms with Gasteiger partial charge in [-0.1, -0.05) is 0 Å². The van der Waals surface area contributed by atoms with Gasteiger partial charge in [0.05, 0.1) is 7.11 Å². The highest BCUT2D eigenvalue weighted by atomic mass is 32.2. The predicted octanol–water partition coefficient (Wildman–Crippen LogP) is 3.93. The van der Waals surface area contributed by atoms with Gasteiger partial charge in [0.1, 0.15) is 5.75 Å². The molecule has 0 saturated heterocycles. The fraction of sp³-hybridized carbons (Fsp3) is 0.450. The van der Waals surface area contributed by atoms with Crippen molar-refractivity contribution in [3.63, 3.8) is 0 Å². The van der Waals surface area contributed by atoms with Crippen LogP contribution < -0.4 is 15.8 Å². The van der Waals surface area contributed by atoms with Gasteiger partial charge in [0.15, 0.2) is 0 Å². The van der Waals surface area contributed by atoms with Crippen molar-refractivity contribution in [2.75, 3.05) is 24.8 Å². The Kier molecular flexibility index (Phi) is 6.63. The highest BCUT2D eigenvalue weighted by Crippen LogP contribution is 2.33. The van der Waals surface area contributed by atoms with Gasteiger partial charge in [0, 0.05) is 58.7 Å². The van der Waals surface area contributed by atoms with E-state index in [0.717, 1.165) is 53.5 Å². The third-order valence-electron chi connectivity index (χ3n) is 4.97. The van der Waals surface area contributed by atoms with E-state index in [1.807, 2.05) is 36.7 Å². The minimum atomic E-state index is 0.313. The van der Waals surface area contributed by atoms with Gasteiger partial charge in [-0.2, -0.15) is 0 Å². The second kappa shape index (κ2) is 9.14. The SMILES string of the molecule is COc1ccc(SCc2cnccc2NC2CCC(CO)CC2)c(N)c1. The van der Waals surface area contributed by atoms with Gasteiger partial charge in [0.2, 0.25) is 0 Å². The zero-order valence-corrected chi connectivity index (χ0v) is 16.0. The molecule has 1 fully saturated rings. The van der Waals surface area contributed by atoms with Gasteiger partial charge in [-0.15, -0.1) is 11.8 Å². The molecular weight excluding hydrogens is 346 g/mol. The molecule has 0 aliphatic heterocycles. The molecular formula is C20H27N3O2S. The number of methoxy groups -OCH3 is 1. The van der Waals surface area contributed by atoms with E-state index < -0.39 is 0 Å². The summed E-state index contributed by atoms with van der Waals surface area (Å²) in [5.41, 5.74) is 9.18. The number of nitrogen functional groups attached to an aromatic ring is 1. The first kappa shape index (κ1) is 18.9. The van der Waals surface area contributed by atoms with Crippen LogP contribution in [0.25, 0.3) is 0 Å². The Morgan fingerprint density at radius 2 is 2.08 bits per heavy atom. The quantitative estimate of drug-likeness (QED) is 0.504. The van der Waals surface area contributed by atoms with Gasteiger partial charge in [-0.05, 0) is 49.8 Å². The summed E-state index contributed by atoms with van der Waals surface area (Å²) in [6.45, 7) is 0.313. The lowest BCUT2D eigenvalue weighted by molar-refractivity contribution is 0.186. The van der Waals surface area contributed by atoms with Crippen LogP contribution in [0.2, 0.25) is 0 Å². The number of aliphatic hydroxyl groups excluding tert-OH is 1. The van der Waals surface area contributed by atoms with Crippen LogP contribution in [0.4, 0.5) is 11.4 Å². The zero-order chi connectivity index (χ0) is 18.4. The summed E-state index contributed by atoms with van der Waals surface area (Å²) in [7, 11) is 1.64. The van der Waals surface area contributed by atoms with Crippen LogP contribution in [-0.2, 0) is 5.75 Å². The average Bonchev–Trinajstić information content (AvgIpc) is 2.68. The lowest BCUT2D eigenvalue weighted by Crippen LogP contribution is -2.27. The van der Waals surface area contributed by atoms with Gasteiger partial charge in [-0.3, -0.25) is 4.98 Å². The maximum atomic E-state index is 9.30. The van der Waals surface area contributed by atoms with Gasteiger partial charge >= 0.3 is 0 Å². The normalized spacial score (nSPS) is 19.9. The largest absolute Gasteiger partial charge is 0.497 e. The number of aromatic nitrogens is 1. The minimum Gasteiger partial charge on any atom is -0.497 e. The fourth-order valence-corrected chi connectivity index (χ4v) is 4.26. The van der Waals surface area contributed by atoms with Gasteiger partial charge in [0.25, 0.3) is 0 Å². The molecule has 0 unspecified atom stereocenters. The summed E-state index contributed by atoms with van der Waals surface area (Å²) in [4.78, 5) is 5.33. The molecule has 4 N–H and O–H groups in total. The first-order chi connectivity index (χ1) is 12.7. The van der Waals surface area contributed by atoms with E-state index in [9.17, 15) is 5.11 Å². The van der Waals surface area contributed by atoms with E-state index >= 15 is 0 Å².